The monoisotopic (exact) mass is 629 g/mol. The summed E-state index contributed by atoms with van der Waals surface area (Å²) in [6.45, 7) is 9.81. The van der Waals surface area contributed by atoms with E-state index in [0.717, 1.165) is 55.2 Å². The number of nitrogens with one attached hydrogen (secondary N) is 2. The third kappa shape index (κ3) is 11.5. The third-order valence-electron chi connectivity index (χ3n) is 7.71. The van der Waals surface area contributed by atoms with E-state index in [4.69, 9.17) is 9.47 Å². The maximum Gasteiger partial charge on any atom is 0.408 e. The highest BCUT2D eigenvalue weighted by Crippen LogP contribution is 2.28. The van der Waals surface area contributed by atoms with Crippen molar-refractivity contribution in [2.45, 2.75) is 97.2 Å². The molecule has 0 aliphatic heterocycles. The highest BCUT2D eigenvalue weighted by molar-refractivity contribution is 5.99. The minimum absolute atomic E-state index is 0.243. The molecule has 0 aliphatic carbocycles. The number of hydrogen-bond acceptors (Lipinski definition) is 5. The first-order chi connectivity index (χ1) is 22.0. The molecule has 8 nitrogen and oxygen atoms in total. The molecule has 8 heteroatoms. The maximum absolute atomic E-state index is 14.7. The van der Waals surface area contributed by atoms with E-state index < -0.39 is 23.8 Å². The summed E-state index contributed by atoms with van der Waals surface area (Å²) in [4.78, 5) is 43.7. The van der Waals surface area contributed by atoms with E-state index in [1.807, 2.05) is 61.5 Å². The molecule has 3 rings (SSSR count). The molecule has 0 heterocycles. The maximum atomic E-state index is 14.7. The molecule has 2 N–H and O–H groups in total. The Labute approximate surface area is 274 Å². The van der Waals surface area contributed by atoms with Crippen molar-refractivity contribution in [2.75, 3.05) is 19.0 Å². The number of alkyl carbamates (subject to hydrolysis) is 1. The van der Waals surface area contributed by atoms with Crippen LogP contribution in [0.5, 0.6) is 5.75 Å². The van der Waals surface area contributed by atoms with Crippen LogP contribution in [0.15, 0.2) is 78.9 Å². The molecule has 3 aromatic rings. The molecular formula is C38H51N3O5. The Bertz CT molecular complexity index is 1390. The van der Waals surface area contributed by atoms with Gasteiger partial charge in [0.2, 0.25) is 5.91 Å². The number of nitrogens with zero attached hydrogens (tertiary/aromatic N) is 1. The van der Waals surface area contributed by atoms with Crippen molar-refractivity contribution >= 4 is 23.6 Å². The smallest absolute Gasteiger partial charge is 0.408 e. The molecular weight excluding hydrogens is 578 g/mol. The zero-order valence-corrected chi connectivity index (χ0v) is 28.3. The van der Waals surface area contributed by atoms with Gasteiger partial charge < -0.3 is 25.0 Å². The number of amides is 3. The van der Waals surface area contributed by atoms with E-state index in [1.54, 1.807) is 57.0 Å². The summed E-state index contributed by atoms with van der Waals surface area (Å²) < 4.78 is 10.9. The summed E-state index contributed by atoms with van der Waals surface area (Å²) in [7, 11) is 1.59. The lowest BCUT2D eigenvalue weighted by molar-refractivity contribution is -0.140. The second-order valence-electron chi connectivity index (χ2n) is 12.7. The first kappa shape index (κ1) is 36.1. The predicted octanol–water partition coefficient (Wildman–Crippen LogP) is 8.01. The number of ether oxygens (including phenoxy) is 2. The van der Waals surface area contributed by atoms with Gasteiger partial charge in [0.25, 0.3) is 5.91 Å². The van der Waals surface area contributed by atoms with Crippen LogP contribution < -0.4 is 15.4 Å². The van der Waals surface area contributed by atoms with E-state index in [-0.39, 0.29) is 18.2 Å². The molecule has 2 unspecified atom stereocenters. The van der Waals surface area contributed by atoms with Gasteiger partial charge in [-0.05, 0) is 75.1 Å². The normalized spacial score (nSPS) is 12.5. The number of methoxy groups -OCH3 is 1. The van der Waals surface area contributed by atoms with Crippen LogP contribution >= 0.6 is 0 Å². The number of anilines is 1. The first-order valence-corrected chi connectivity index (χ1v) is 16.4. The van der Waals surface area contributed by atoms with Gasteiger partial charge in [-0.2, -0.15) is 0 Å². The molecule has 248 valence electrons. The molecule has 0 aliphatic rings. The summed E-state index contributed by atoms with van der Waals surface area (Å²) in [5, 5.41) is 5.88. The molecule has 0 spiro atoms. The summed E-state index contributed by atoms with van der Waals surface area (Å²) in [5.74, 6) is -0.0127. The summed E-state index contributed by atoms with van der Waals surface area (Å²) >= 11 is 0. The molecule has 0 saturated heterocycles. The van der Waals surface area contributed by atoms with Crippen molar-refractivity contribution in [3.05, 3.63) is 95.6 Å². The molecule has 3 aromatic carbocycles. The van der Waals surface area contributed by atoms with Gasteiger partial charge in [0.05, 0.1) is 7.11 Å². The quantitative estimate of drug-likeness (QED) is 0.157. The Kier molecular flexibility index (Phi) is 14.1. The zero-order chi connectivity index (χ0) is 33.5. The SMILES string of the molecule is CCCCCCCCN(C(=O)C(Cc1ccccc1)NC(=O)OC(C)(C)C)C(C(=O)Nc1ccc(OC)cc1)c1ccccc1C. The number of unbranched alkanes of at least 4 members (excludes halogenated alkanes) is 5. The number of carbonyl (C=O) groups excluding carboxylic acids is 3. The topological polar surface area (TPSA) is 97.0 Å². The minimum Gasteiger partial charge on any atom is -0.497 e. The van der Waals surface area contributed by atoms with E-state index >= 15 is 0 Å². The lowest BCUT2D eigenvalue weighted by Gasteiger charge is -2.35. The second-order valence-corrected chi connectivity index (χ2v) is 12.7. The summed E-state index contributed by atoms with van der Waals surface area (Å²) in [5.41, 5.74) is 2.34. The second kappa shape index (κ2) is 18.0. The molecule has 0 fully saturated rings. The van der Waals surface area contributed by atoms with Gasteiger partial charge in [-0.25, -0.2) is 4.79 Å². The number of rotatable bonds is 16. The van der Waals surface area contributed by atoms with Crippen LogP contribution in [0.4, 0.5) is 10.5 Å². The fourth-order valence-corrected chi connectivity index (χ4v) is 5.36. The number of aryl methyl sites for hydroxylation is 1. The van der Waals surface area contributed by atoms with Gasteiger partial charge in [0.15, 0.2) is 0 Å². The third-order valence-corrected chi connectivity index (χ3v) is 7.71. The van der Waals surface area contributed by atoms with Gasteiger partial charge in [-0.3, -0.25) is 9.59 Å². The van der Waals surface area contributed by atoms with Crippen LogP contribution in [0.1, 0.15) is 89.0 Å². The molecule has 2 atom stereocenters. The van der Waals surface area contributed by atoms with Crippen LogP contribution in [0.3, 0.4) is 0 Å². The number of hydrogen-bond donors (Lipinski definition) is 2. The average molecular weight is 630 g/mol. The van der Waals surface area contributed by atoms with Crippen molar-refractivity contribution in [3.8, 4) is 5.75 Å². The van der Waals surface area contributed by atoms with E-state index in [2.05, 4.69) is 17.6 Å². The Balaban J connectivity index is 2.04. The molecule has 0 radical (unpaired) electrons. The van der Waals surface area contributed by atoms with Crippen LogP contribution in [0.25, 0.3) is 0 Å². The Hall–Kier alpha value is -4.33. The van der Waals surface area contributed by atoms with Gasteiger partial charge in [0, 0.05) is 18.7 Å². The van der Waals surface area contributed by atoms with Gasteiger partial charge in [0.1, 0.15) is 23.4 Å². The van der Waals surface area contributed by atoms with Crippen molar-refractivity contribution < 1.29 is 23.9 Å². The van der Waals surface area contributed by atoms with Gasteiger partial charge in [-0.1, -0.05) is 93.6 Å². The van der Waals surface area contributed by atoms with Crippen molar-refractivity contribution in [1.29, 1.82) is 0 Å². The Morgan fingerprint density at radius 3 is 2.09 bits per heavy atom. The minimum atomic E-state index is -0.961. The predicted molar refractivity (Wildman–Crippen MR) is 184 cm³/mol. The largest absolute Gasteiger partial charge is 0.497 e. The van der Waals surface area contributed by atoms with Crippen LogP contribution in [0, 0.1) is 6.92 Å². The summed E-state index contributed by atoms with van der Waals surface area (Å²) in [6, 6.07) is 22.4. The van der Waals surface area contributed by atoms with Crippen LogP contribution in [0.2, 0.25) is 0 Å². The zero-order valence-electron chi connectivity index (χ0n) is 28.3. The molecule has 0 saturated carbocycles. The van der Waals surface area contributed by atoms with Gasteiger partial charge in [-0.15, -0.1) is 0 Å². The van der Waals surface area contributed by atoms with Crippen molar-refractivity contribution in [3.63, 3.8) is 0 Å². The van der Waals surface area contributed by atoms with Crippen LogP contribution in [-0.2, 0) is 20.7 Å². The van der Waals surface area contributed by atoms with E-state index in [9.17, 15) is 14.4 Å². The highest BCUT2D eigenvalue weighted by Gasteiger charge is 2.37. The number of carbonyl (C=O) groups is 3. The average Bonchev–Trinajstić information content (AvgIpc) is 3.02. The molecule has 46 heavy (non-hydrogen) atoms. The van der Waals surface area contributed by atoms with Crippen LogP contribution in [-0.4, -0.2) is 48.1 Å². The molecule has 0 aromatic heterocycles. The van der Waals surface area contributed by atoms with E-state index in [0.29, 0.717) is 18.0 Å². The summed E-state index contributed by atoms with van der Waals surface area (Å²) in [6.07, 6.45) is 5.68. The van der Waals surface area contributed by atoms with Gasteiger partial charge >= 0.3 is 6.09 Å². The fourth-order valence-electron chi connectivity index (χ4n) is 5.36. The highest BCUT2D eigenvalue weighted by atomic mass is 16.6. The molecule has 0 bridgehead atoms. The molecule has 3 amide bonds. The van der Waals surface area contributed by atoms with Crippen molar-refractivity contribution in [1.82, 2.24) is 10.2 Å². The lowest BCUT2D eigenvalue weighted by atomic mass is 9.96. The first-order valence-electron chi connectivity index (χ1n) is 16.4. The fraction of sp³-hybridized carbons (Fsp3) is 0.447. The Morgan fingerprint density at radius 2 is 1.46 bits per heavy atom. The number of benzene rings is 3. The standard InChI is InChI=1S/C38H51N3O5/c1-7-8-9-10-11-17-26-41(36(43)33(27-29-19-13-12-14-20-29)40-37(44)46-38(3,4)5)34(32-21-16-15-18-28(32)2)35(42)39-30-22-24-31(45-6)25-23-30/h12-16,18-25,33-34H,7-11,17,26-27H2,1-6H3,(H,39,42)(H,40,44). The van der Waals surface area contributed by atoms with E-state index in [1.165, 1.54) is 0 Å². The lowest BCUT2D eigenvalue weighted by Crippen LogP contribution is -2.53. The Morgan fingerprint density at radius 1 is 0.826 bits per heavy atom. The van der Waals surface area contributed by atoms with Crippen molar-refractivity contribution in [2.24, 2.45) is 0 Å².